The second-order valence-electron chi connectivity index (χ2n) is 5.52. The molecule has 7 nitrogen and oxygen atoms in total. The average Bonchev–Trinajstić information content (AvgIpc) is 3.06. The molecule has 0 atom stereocenters. The summed E-state index contributed by atoms with van der Waals surface area (Å²) in [7, 11) is 0. The first kappa shape index (κ1) is 17.5. The number of fused-ring (bicyclic) bond motifs is 1. The third-order valence-electron chi connectivity index (χ3n) is 3.76. The number of aromatic nitrogens is 4. The van der Waals surface area contributed by atoms with Crippen molar-refractivity contribution in [1.82, 2.24) is 19.6 Å². The van der Waals surface area contributed by atoms with E-state index >= 15 is 0 Å². The molecule has 0 N–H and O–H groups in total. The summed E-state index contributed by atoms with van der Waals surface area (Å²) >= 11 is 0. The molecule has 0 unspecified atom stereocenters. The first-order valence-electron chi connectivity index (χ1n) is 8.06. The Morgan fingerprint density at radius 3 is 2.73 bits per heavy atom. The summed E-state index contributed by atoms with van der Waals surface area (Å²) < 4.78 is 20.7. The topological polar surface area (TPSA) is 79.0 Å². The number of nitrogens with zero attached hydrogens (tertiary/aromatic N) is 4. The first-order chi connectivity index (χ1) is 12.5. The Hall–Kier alpha value is -3.29. The number of esters is 1. The van der Waals surface area contributed by atoms with Gasteiger partial charge < -0.3 is 4.74 Å². The average molecular weight is 356 g/mol. The van der Waals surface area contributed by atoms with Gasteiger partial charge in [0.1, 0.15) is 11.3 Å². The summed E-state index contributed by atoms with van der Waals surface area (Å²) in [4.78, 5) is 24.2. The smallest absolute Gasteiger partial charge is 0.330 e. The Labute approximate surface area is 148 Å². The minimum atomic E-state index is -0.477. The highest BCUT2D eigenvalue weighted by Crippen LogP contribution is 2.17. The summed E-state index contributed by atoms with van der Waals surface area (Å²) in [5, 5.41) is 9.11. The van der Waals surface area contributed by atoms with Crippen LogP contribution in [0.3, 0.4) is 0 Å². The lowest BCUT2D eigenvalue weighted by Gasteiger charge is -2.07. The predicted molar refractivity (Wildman–Crippen MR) is 93.6 cm³/mol. The van der Waals surface area contributed by atoms with E-state index in [1.54, 1.807) is 32.2 Å². The number of carbonyl (C=O) groups excluding carboxylic acids is 1. The number of benzene rings is 1. The molecular formula is C18H17FN4O3. The maximum Gasteiger partial charge on any atom is 0.330 e. The molecule has 0 amide bonds. The number of ether oxygens (including phenoxy) is 1. The van der Waals surface area contributed by atoms with E-state index in [0.717, 1.165) is 0 Å². The van der Waals surface area contributed by atoms with E-state index in [4.69, 9.17) is 4.74 Å². The van der Waals surface area contributed by atoms with Gasteiger partial charge in [0.2, 0.25) is 0 Å². The van der Waals surface area contributed by atoms with Crippen LogP contribution in [0.15, 0.2) is 47.4 Å². The lowest BCUT2D eigenvalue weighted by molar-refractivity contribution is -0.137. The highest BCUT2D eigenvalue weighted by Gasteiger charge is 2.14. The molecule has 0 saturated heterocycles. The van der Waals surface area contributed by atoms with Gasteiger partial charge in [-0.25, -0.2) is 18.5 Å². The molecule has 2 aromatic heterocycles. The SMILES string of the molecule is CCOC(=O)/C=C/Cn1nc(C)c2cnn(-c3ccc(F)cc3)c2c1=O. The maximum atomic E-state index is 13.2. The molecule has 0 radical (unpaired) electrons. The lowest BCUT2D eigenvalue weighted by Crippen LogP contribution is -2.25. The van der Waals surface area contributed by atoms with E-state index in [2.05, 4.69) is 10.2 Å². The van der Waals surface area contributed by atoms with Crippen molar-refractivity contribution in [2.45, 2.75) is 20.4 Å². The van der Waals surface area contributed by atoms with E-state index in [1.165, 1.54) is 33.6 Å². The Balaban J connectivity index is 2.03. The standard InChI is InChI=1S/C18H17FN4O3/c1-3-26-16(24)5-4-10-22-18(25)17-15(12(2)21-22)11-20-23(17)14-8-6-13(19)7-9-14/h4-9,11H,3,10H2,1-2H3/b5-4+. The zero-order valence-electron chi connectivity index (χ0n) is 14.3. The molecule has 0 bridgehead atoms. The van der Waals surface area contributed by atoms with Crippen LogP contribution in [0.5, 0.6) is 0 Å². The van der Waals surface area contributed by atoms with Crippen molar-refractivity contribution in [3.8, 4) is 5.69 Å². The molecular weight excluding hydrogens is 339 g/mol. The zero-order valence-corrected chi connectivity index (χ0v) is 14.3. The van der Waals surface area contributed by atoms with Crippen LogP contribution in [0, 0.1) is 12.7 Å². The van der Waals surface area contributed by atoms with E-state index in [-0.39, 0.29) is 24.5 Å². The second-order valence-corrected chi connectivity index (χ2v) is 5.52. The van der Waals surface area contributed by atoms with E-state index in [9.17, 15) is 14.0 Å². The largest absolute Gasteiger partial charge is 0.463 e. The molecule has 0 saturated carbocycles. The first-order valence-corrected chi connectivity index (χ1v) is 8.06. The van der Waals surface area contributed by atoms with Gasteiger partial charge in [-0.2, -0.15) is 10.2 Å². The van der Waals surface area contributed by atoms with E-state index in [1.807, 2.05) is 0 Å². The Morgan fingerprint density at radius 1 is 1.31 bits per heavy atom. The fraction of sp³-hybridized carbons (Fsp3) is 0.222. The number of rotatable bonds is 5. The number of hydrogen-bond acceptors (Lipinski definition) is 5. The molecule has 0 aliphatic heterocycles. The van der Waals surface area contributed by atoms with E-state index < -0.39 is 5.97 Å². The van der Waals surface area contributed by atoms with Crippen LogP contribution in [0.2, 0.25) is 0 Å². The van der Waals surface area contributed by atoms with Crippen LogP contribution in [0.25, 0.3) is 16.6 Å². The van der Waals surface area contributed by atoms with Crippen molar-refractivity contribution >= 4 is 16.9 Å². The Kier molecular flexibility index (Phi) is 4.92. The minimum Gasteiger partial charge on any atom is -0.463 e. The third kappa shape index (κ3) is 3.39. The van der Waals surface area contributed by atoms with Gasteiger partial charge in [-0.15, -0.1) is 0 Å². The number of carbonyl (C=O) groups is 1. The summed E-state index contributed by atoms with van der Waals surface area (Å²) in [6.07, 6.45) is 4.33. The molecule has 0 aliphatic carbocycles. The molecule has 1 aromatic carbocycles. The number of halogens is 1. The highest BCUT2D eigenvalue weighted by atomic mass is 19.1. The fourth-order valence-corrected chi connectivity index (χ4v) is 2.56. The van der Waals surface area contributed by atoms with Crippen LogP contribution in [0.1, 0.15) is 12.6 Å². The van der Waals surface area contributed by atoms with Crippen LogP contribution >= 0.6 is 0 Å². The van der Waals surface area contributed by atoms with Gasteiger partial charge in [-0.1, -0.05) is 6.08 Å². The van der Waals surface area contributed by atoms with Gasteiger partial charge in [0, 0.05) is 11.5 Å². The third-order valence-corrected chi connectivity index (χ3v) is 3.76. The van der Waals surface area contributed by atoms with Crippen LogP contribution in [-0.4, -0.2) is 32.1 Å². The summed E-state index contributed by atoms with van der Waals surface area (Å²) in [6, 6.07) is 5.69. The molecule has 2 heterocycles. The fourth-order valence-electron chi connectivity index (χ4n) is 2.56. The highest BCUT2D eigenvalue weighted by molar-refractivity contribution is 5.82. The van der Waals surface area contributed by atoms with Crippen molar-refractivity contribution in [2.75, 3.05) is 6.61 Å². The zero-order chi connectivity index (χ0) is 18.7. The van der Waals surface area contributed by atoms with Crippen LogP contribution in [0.4, 0.5) is 4.39 Å². The van der Waals surface area contributed by atoms with Crippen molar-refractivity contribution in [3.05, 3.63) is 64.5 Å². The van der Waals surface area contributed by atoms with Gasteiger partial charge in [-0.3, -0.25) is 4.79 Å². The number of aryl methyl sites for hydroxylation is 1. The number of hydrogen-bond donors (Lipinski definition) is 0. The van der Waals surface area contributed by atoms with Gasteiger partial charge in [0.25, 0.3) is 5.56 Å². The van der Waals surface area contributed by atoms with Crippen molar-refractivity contribution < 1.29 is 13.9 Å². The molecule has 134 valence electrons. The summed E-state index contributed by atoms with van der Waals surface area (Å²) in [5.41, 5.74) is 1.17. The second kappa shape index (κ2) is 7.30. The lowest BCUT2D eigenvalue weighted by atomic mass is 10.2. The molecule has 26 heavy (non-hydrogen) atoms. The van der Waals surface area contributed by atoms with Gasteiger partial charge in [0.15, 0.2) is 0 Å². The Morgan fingerprint density at radius 2 is 2.04 bits per heavy atom. The summed E-state index contributed by atoms with van der Waals surface area (Å²) in [6.45, 7) is 3.88. The van der Waals surface area contributed by atoms with Crippen molar-refractivity contribution in [3.63, 3.8) is 0 Å². The van der Waals surface area contributed by atoms with Crippen LogP contribution in [-0.2, 0) is 16.1 Å². The van der Waals surface area contributed by atoms with Gasteiger partial charge in [0.05, 0.1) is 30.7 Å². The quantitative estimate of drug-likeness (QED) is 0.517. The molecule has 0 aliphatic rings. The van der Waals surface area contributed by atoms with E-state index in [0.29, 0.717) is 22.3 Å². The minimum absolute atomic E-state index is 0.114. The Bertz CT molecular complexity index is 1040. The maximum absolute atomic E-state index is 13.2. The monoisotopic (exact) mass is 356 g/mol. The van der Waals surface area contributed by atoms with Crippen molar-refractivity contribution in [2.24, 2.45) is 0 Å². The molecule has 8 heteroatoms. The van der Waals surface area contributed by atoms with Crippen LogP contribution < -0.4 is 5.56 Å². The molecule has 3 rings (SSSR count). The normalized spacial score (nSPS) is 11.3. The van der Waals surface area contributed by atoms with Gasteiger partial charge >= 0.3 is 5.97 Å². The summed E-state index contributed by atoms with van der Waals surface area (Å²) in [5.74, 6) is -0.848. The number of allylic oxidation sites excluding steroid dienone is 1. The molecule has 0 fully saturated rings. The van der Waals surface area contributed by atoms with Gasteiger partial charge in [-0.05, 0) is 38.1 Å². The predicted octanol–water partition coefficient (Wildman–Crippen LogP) is 2.15. The molecule has 0 spiro atoms. The van der Waals surface area contributed by atoms with Crippen molar-refractivity contribution in [1.29, 1.82) is 0 Å². The molecule has 3 aromatic rings.